The Labute approximate surface area is 116 Å². The molecule has 5 nitrogen and oxygen atoms in total. The molecule has 1 aliphatic carbocycles. The minimum absolute atomic E-state index is 0.114. The van der Waals surface area contributed by atoms with Gasteiger partial charge in [-0.25, -0.2) is 0 Å². The lowest BCUT2D eigenvalue weighted by atomic mass is 10.00. The fraction of sp³-hybridized carbons (Fsp3) is 0.400. The molecule has 1 N–H and O–H groups in total. The van der Waals surface area contributed by atoms with E-state index in [0.29, 0.717) is 11.3 Å². The van der Waals surface area contributed by atoms with Crippen molar-refractivity contribution in [3.63, 3.8) is 0 Å². The fourth-order valence-corrected chi connectivity index (χ4v) is 3.23. The molecule has 104 valence electrons. The van der Waals surface area contributed by atoms with Crippen LogP contribution in [0.25, 0.3) is 0 Å². The lowest BCUT2D eigenvalue weighted by molar-refractivity contribution is -0.136. The molecule has 2 fully saturated rings. The van der Waals surface area contributed by atoms with Crippen molar-refractivity contribution in [3.05, 3.63) is 29.8 Å². The van der Waals surface area contributed by atoms with E-state index >= 15 is 0 Å². The predicted molar refractivity (Wildman–Crippen MR) is 71.1 cm³/mol. The number of rotatable bonds is 3. The Balaban J connectivity index is 1.91. The first kappa shape index (κ1) is 12.8. The van der Waals surface area contributed by atoms with E-state index in [1.165, 1.54) is 4.90 Å². The number of benzene rings is 1. The second-order valence-corrected chi connectivity index (χ2v) is 5.40. The lowest BCUT2D eigenvalue weighted by Crippen LogP contribution is -2.31. The van der Waals surface area contributed by atoms with Crippen LogP contribution in [0.1, 0.15) is 24.8 Å². The van der Waals surface area contributed by atoms with Crippen LogP contribution in [-0.4, -0.2) is 22.9 Å². The number of fused-ring (bicyclic) bond motifs is 1. The maximum Gasteiger partial charge on any atom is 0.307 e. The zero-order valence-corrected chi connectivity index (χ0v) is 10.9. The van der Waals surface area contributed by atoms with Gasteiger partial charge in [-0.15, -0.1) is 0 Å². The van der Waals surface area contributed by atoms with Gasteiger partial charge in [-0.05, 0) is 30.5 Å². The monoisotopic (exact) mass is 273 g/mol. The first-order valence-electron chi connectivity index (χ1n) is 6.76. The number of nitrogens with zero attached hydrogens (tertiary/aromatic N) is 1. The third kappa shape index (κ3) is 1.99. The molecular formula is C15H15NO4. The second-order valence-electron chi connectivity index (χ2n) is 5.40. The molecule has 1 aromatic carbocycles. The van der Waals surface area contributed by atoms with Crippen molar-refractivity contribution < 1.29 is 19.5 Å². The molecule has 2 unspecified atom stereocenters. The minimum Gasteiger partial charge on any atom is -0.481 e. The Morgan fingerprint density at radius 2 is 1.85 bits per heavy atom. The number of imide groups is 1. The van der Waals surface area contributed by atoms with Crippen molar-refractivity contribution in [2.75, 3.05) is 4.90 Å². The van der Waals surface area contributed by atoms with E-state index in [-0.39, 0.29) is 30.1 Å². The molecule has 1 saturated heterocycles. The summed E-state index contributed by atoms with van der Waals surface area (Å²) in [6.07, 6.45) is 2.37. The number of carboxylic acids is 1. The molecule has 0 spiro atoms. The molecular weight excluding hydrogens is 258 g/mol. The molecule has 0 radical (unpaired) electrons. The van der Waals surface area contributed by atoms with Crippen LogP contribution >= 0.6 is 0 Å². The average Bonchev–Trinajstić information content (AvgIpc) is 2.94. The van der Waals surface area contributed by atoms with Crippen LogP contribution in [0.4, 0.5) is 5.69 Å². The van der Waals surface area contributed by atoms with Gasteiger partial charge in [0.1, 0.15) is 0 Å². The van der Waals surface area contributed by atoms with Crippen LogP contribution in [-0.2, 0) is 20.8 Å². The normalized spacial score (nSPS) is 25.1. The van der Waals surface area contributed by atoms with E-state index in [1.54, 1.807) is 24.3 Å². The van der Waals surface area contributed by atoms with Gasteiger partial charge >= 0.3 is 5.97 Å². The highest BCUT2D eigenvalue weighted by atomic mass is 16.4. The van der Waals surface area contributed by atoms with Gasteiger partial charge in [0, 0.05) is 0 Å². The van der Waals surface area contributed by atoms with Crippen LogP contribution in [0.5, 0.6) is 0 Å². The molecule has 2 amide bonds. The van der Waals surface area contributed by atoms with Gasteiger partial charge in [-0.3, -0.25) is 19.3 Å². The number of anilines is 1. The molecule has 1 heterocycles. The number of carbonyl (C=O) groups is 3. The maximum atomic E-state index is 12.3. The van der Waals surface area contributed by atoms with Crippen molar-refractivity contribution in [1.29, 1.82) is 0 Å². The highest BCUT2D eigenvalue weighted by Crippen LogP contribution is 2.41. The van der Waals surface area contributed by atoms with Gasteiger partial charge in [0.05, 0.1) is 23.9 Å². The largest absolute Gasteiger partial charge is 0.481 e. The van der Waals surface area contributed by atoms with Crippen molar-refractivity contribution >= 4 is 23.5 Å². The molecule has 3 rings (SSSR count). The first-order valence-corrected chi connectivity index (χ1v) is 6.76. The summed E-state index contributed by atoms with van der Waals surface area (Å²) in [5.74, 6) is -1.55. The van der Waals surface area contributed by atoms with Crippen molar-refractivity contribution in [3.8, 4) is 0 Å². The molecule has 1 saturated carbocycles. The smallest absolute Gasteiger partial charge is 0.307 e. The minimum atomic E-state index is -0.932. The third-order valence-electron chi connectivity index (χ3n) is 4.12. The summed E-state index contributed by atoms with van der Waals surface area (Å²) in [7, 11) is 0. The van der Waals surface area contributed by atoms with Crippen LogP contribution in [0.2, 0.25) is 0 Å². The number of carbonyl (C=O) groups excluding carboxylic acids is 2. The highest BCUT2D eigenvalue weighted by Gasteiger charge is 2.50. The molecule has 2 atom stereocenters. The zero-order chi connectivity index (χ0) is 14.3. The van der Waals surface area contributed by atoms with Gasteiger partial charge in [0.15, 0.2) is 0 Å². The topological polar surface area (TPSA) is 74.7 Å². The fourth-order valence-electron chi connectivity index (χ4n) is 3.23. The van der Waals surface area contributed by atoms with E-state index in [9.17, 15) is 14.4 Å². The van der Waals surface area contributed by atoms with Crippen molar-refractivity contribution in [2.45, 2.75) is 25.7 Å². The van der Waals surface area contributed by atoms with Crippen LogP contribution in [0.15, 0.2) is 24.3 Å². The second kappa shape index (κ2) is 4.74. The molecule has 2 aliphatic rings. The Kier molecular flexibility index (Phi) is 3.04. The molecule has 1 aliphatic heterocycles. The summed E-state index contributed by atoms with van der Waals surface area (Å²) in [5, 5.41) is 8.81. The molecule has 20 heavy (non-hydrogen) atoms. The Morgan fingerprint density at radius 3 is 2.45 bits per heavy atom. The van der Waals surface area contributed by atoms with Crippen LogP contribution in [0.3, 0.4) is 0 Å². The first-order chi connectivity index (χ1) is 9.58. The number of carboxylic acid groups (broad SMARTS) is 1. The standard InChI is InChI=1S/C15H15NO4/c17-13(18)8-9-3-1-4-10(7-9)16-14(19)11-5-2-6-12(11)15(16)20/h1,3-4,7,11-12H,2,5-6,8H2,(H,17,18). The summed E-state index contributed by atoms with van der Waals surface area (Å²) in [4.78, 5) is 36.6. The predicted octanol–water partition coefficient (Wildman–Crippen LogP) is 1.60. The van der Waals surface area contributed by atoms with E-state index in [4.69, 9.17) is 5.11 Å². The Hall–Kier alpha value is -2.17. The van der Waals surface area contributed by atoms with Crippen LogP contribution < -0.4 is 4.90 Å². The molecule has 1 aromatic rings. The maximum absolute atomic E-state index is 12.3. The summed E-state index contributed by atoms with van der Waals surface area (Å²) in [5.41, 5.74) is 1.08. The summed E-state index contributed by atoms with van der Waals surface area (Å²) >= 11 is 0. The number of hydrogen-bond donors (Lipinski definition) is 1. The Morgan fingerprint density at radius 1 is 1.20 bits per heavy atom. The van der Waals surface area contributed by atoms with Gasteiger partial charge in [-0.1, -0.05) is 18.6 Å². The lowest BCUT2D eigenvalue weighted by Gasteiger charge is -2.16. The number of hydrogen-bond acceptors (Lipinski definition) is 3. The van der Waals surface area contributed by atoms with Crippen molar-refractivity contribution in [2.24, 2.45) is 11.8 Å². The van der Waals surface area contributed by atoms with Crippen LogP contribution in [0, 0.1) is 11.8 Å². The number of amides is 2. The average molecular weight is 273 g/mol. The Bertz CT molecular complexity index is 573. The zero-order valence-electron chi connectivity index (χ0n) is 10.9. The highest BCUT2D eigenvalue weighted by molar-refractivity contribution is 6.22. The van der Waals surface area contributed by atoms with E-state index in [2.05, 4.69) is 0 Å². The SMILES string of the molecule is O=C(O)Cc1cccc(N2C(=O)C3CCCC3C2=O)c1. The summed E-state index contributed by atoms with van der Waals surface area (Å²) in [6, 6.07) is 6.67. The van der Waals surface area contributed by atoms with Gasteiger partial charge in [0.2, 0.25) is 11.8 Å². The summed E-state index contributed by atoms with van der Waals surface area (Å²) < 4.78 is 0. The van der Waals surface area contributed by atoms with Gasteiger partial charge in [-0.2, -0.15) is 0 Å². The van der Waals surface area contributed by atoms with E-state index in [1.807, 2.05) is 0 Å². The van der Waals surface area contributed by atoms with E-state index < -0.39 is 5.97 Å². The quantitative estimate of drug-likeness (QED) is 0.849. The van der Waals surface area contributed by atoms with Crippen molar-refractivity contribution in [1.82, 2.24) is 0 Å². The third-order valence-corrected chi connectivity index (χ3v) is 4.12. The van der Waals surface area contributed by atoms with Gasteiger partial charge < -0.3 is 5.11 Å². The number of aliphatic carboxylic acids is 1. The van der Waals surface area contributed by atoms with E-state index in [0.717, 1.165) is 19.3 Å². The molecule has 0 aromatic heterocycles. The van der Waals surface area contributed by atoms with Gasteiger partial charge in [0.25, 0.3) is 0 Å². The summed E-state index contributed by atoms with van der Waals surface area (Å²) in [6.45, 7) is 0. The molecule has 0 bridgehead atoms. The molecule has 5 heteroatoms.